The van der Waals surface area contributed by atoms with Gasteiger partial charge in [0.05, 0.1) is 43.4 Å². The highest BCUT2D eigenvalue weighted by Crippen LogP contribution is 2.31. The van der Waals surface area contributed by atoms with E-state index in [-0.39, 0.29) is 43.2 Å². The van der Waals surface area contributed by atoms with Crippen molar-refractivity contribution in [3.05, 3.63) is 179 Å². The van der Waals surface area contributed by atoms with E-state index in [1.807, 2.05) is 0 Å². The Bertz CT molecular complexity index is 2530. The molecule has 268 valence electrons. The average molecular weight is 747 g/mol. The topological polar surface area (TPSA) is 167 Å². The van der Waals surface area contributed by atoms with Gasteiger partial charge in [0.25, 0.3) is 35.4 Å². The zero-order valence-corrected chi connectivity index (χ0v) is 29.2. The van der Waals surface area contributed by atoms with Gasteiger partial charge in [-0.1, -0.05) is 36.4 Å². The van der Waals surface area contributed by atoms with Gasteiger partial charge < -0.3 is 10.6 Å². The van der Waals surface area contributed by atoms with Crippen LogP contribution >= 0.6 is 0 Å². The predicted molar refractivity (Wildman–Crippen MR) is 202 cm³/mol. The smallest absolute Gasteiger partial charge is 0.266 e. The molecule has 2 aliphatic rings. The first-order chi connectivity index (χ1) is 26.5. The van der Waals surface area contributed by atoms with Crippen molar-refractivity contribution < 1.29 is 37.2 Å². The first-order valence-electron chi connectivity index (χ1n) is 16.7. The Hall–Kier alpha value is -7.51. The van der Waals surface area contributed by atoms with Crippen LogP contribution in [0, 0.1) is 0 Å². The summed E-state index contributed by atoms with van der Waals surface area (Å²) in [6, 6.07) is 36.4. The highest BCUT2D eigenvalue weighted by atomic mass is 32.2. The highest BCUT2D eigenvalue weighted by Gasteiger charge is 2.38. The normalized spacial score (nSPS) is 13.5. The summed E-state index contributed by atoms with van der Waals surface area (Å²) >= 11 is 0. The van der Waals surface area contributed by atoms with Crippen LogP contribution in [0.25, 0.3) is 0 Å². The van der Waals surface area contributed by atoms with Crippen LogP contribution in [-0.2, 0) is 9.84 Å². The Balaban J connectivity index is 0.916. The van der Waals surface area contributed by atoms with E-state index >= 15 is 0 Å². The van der Waals surface area contributed by atoms with Gasteiger partial charge in [-0.05, 0) is 109 Å². The molecule has 0 radical (unpaired) electrons. The summed E-state index contributed by atoms with van der Waals surface area (Å²) in [6.45, 7) is 0. The van der Waals surface area contributed by atoms with Gasteiger partial charge in [-0.2, -0.15) is 0 Å². The largest absolute Gasteiger partial charge is 0.322 e. The highest BCUT2D eigenvalue weighted by molar-refractivity contribution is 7.91. The van der Waals surface area contributed by atoms with E-state index in [9.17, 15) is 37.2 Å². The van der Waals surface area contributed by atoms with Gasteiger partial charge >= 0.3 is 0 Å². The monoisotopic (exact) mass is 746 g/mol. The molecule has 12 nitrogen and oxygen atoms in total. The molecular formula is C42H26N4O8S. The number of nitrogens with zero attached hydrogens (tertiary/aromatic N) is 2. The Morgan fingerprint density at radius 1 is 0.418 bits per heavy atom. The van der Waals surface area contributed by atoms with Crippen LogP contribution in [0.15, 0.2) is 155 Å². The number of hydrogen-bond acceptors (Lipinski definition) is 8. The lowest BCUT2D eigenvalue weighted by Crippen LogP contribution is -2.29. The maximum absolute atomic E-state index is 13.4. The summed E-state index contributed by atoms with van der Waals surface area (Å²) in [5.74, 6) is -3.20. The second-order valence-electron chi connectivity index (χ2n) is 12.5. The molecule has 0 unspecified atom stereocenters. The summed E-state index contributed by atoms with van der Waals surface area (Å²) in [6.07, 6.45) is 0. The molecule has 55 heavy (non-hydrogen) atoms. The van der Waals surface area contributed by atoms with Gasteiger partial charge in [0, 0.05) is 22.5 Å². The van der Waals surface area contributed by atoms with Crippen LogP contribution in [0.1, 0.15) is 62.1 Å². The maximum Gasteiger partial charge on any atom is 0.266 e. The van der Waals surface area contributed by atoms with Gasteiger partial charge in [0.1, 0.15) is 0 Å². The van der Waals surface area contributed by atoms with Crippen LogP contribution in [0.4, 0.5) is 22.7 Å². The Labute approximate surface area is 313 Å². The molecule has 2 aliphatic heterocycles. The molecular weight excluding hydrogens is 721 g/mol. The minimum absolute atomic E-state index is 0.0492. The molecule has 0 saturated carbocycles. The van der Waals surface area contributed by atoms with E-state index in [1.165, 1.54) is 84.9 Å². The molecule has 0 saturated heterocycles. The van der Waals surface area contributed by atoms with Crippen LogP contribution < -0.4 is 20.4 Å². The fourth-order valence-corrected chi connectivity index (χ4v) is 7.63. The molecule has 2 heterocycles. The molecule has 0 atom stereocenters. The number of benzene rings is 6. The number of imide groups is 2. The van der Waals surface area contributed by atoms with E-state index in [2.05, 4.69) is 10.6 Å². The minimum atomic E-state index is -4.00. The molecule has 0 aromatic heterocycles. The van der Waals surface area contributed by atoms with Crippen LogP contribution in [0.2, 0.25) is 0 Å². The number of amides is 6. The maximum atomic E-state index is 13.4. The SMILES string of the molecule is O=C(Nc1ccc(S(=O)(=O)c2ccc(NC(=O)c3ccc4c(c3)C(=O)N(c3ccccc3)C4=O)cc2)cc1)c1ccc2c(c1)C(=O)N(c1ccccc1)C2=O. The van der Waals surface area contributed by atoms with Crippen LogP contribution in [0.3, 0.4) is 0 Å². The molecule has 0 aliphatic carbocycles. The van der Waals surface area contributed by atoms with Crippen LogP contribution in [0.5, 0.6) is 0 Å². The van der Waals surface area contributed by atoms with Crippen LogP contribution in [-0.4, -0.2) is 43.9 Å². The molecule has 0 spiro atoms. The number of anilines is 4. The summed E-state index contributed by atoms with van der Waals surface area (Å²) in [5, 5.41) is 5.36. The van der Waals surface area contributed by atoms with Crippen molar-refractivity contribution in [2.45, 2.75) is 9.79 Å². The average Bonchev–Trinajstić information content (AvgIpc) is 3.61. The third-order valence-corrected chi connectivity index (χ3v) is 11.0. The molecule has 6 amide bonds. The van der Waals surface area contributed by atoms with Crippen molar-refractivity contribution in [2.24, 2.45) is 0 Å². The molecule has 13 heteroatoms. The third kappa shape index (κ3) is 6.13. The van der Waals surface area contributed by atoms with E-state index in [0.717, 1.165) is 9.80 Å². The van der Waals surface area contributed by atoms with Crippen molar-refractivity contribution in [2.75, 3.05) is 20.4 Å². The second kappa shape index (κ2) is 13.5. The van der Waals surface area contributed by atoms with E-state index in [0.29, 0.717) is 22.7 Å². The fraction of sp³-hybridized carbons (Fsp3) is 0. The fourth-order valence-electron chi connectivity index (χ4n) is 6.36. The second-order valence-corrected chi connectivity index (χ2v) is 14.5. The van der Waals surface area contributed by atoms with Crippen molar-refractivity contribution in [1.82, 2.24) is 0 Å². The van der Waals surface area contributed by atoms with Crippen molar-refractivity contribution >= 4 is 68.0 Å². The van der Waals surface area contributed by atoms with Gasteiger partial charge in [0.15, 0.2) is 0 Å². The summed E-state index contributed by atoms with van der Waals surface area (Å²) in [7, 11) is -4.00. The van der Waals surface area contributed by atoms with Crippen molar-refractivity contribution in [1.29, 1.82) is 0 Å². The number of nitrogens with one attached hydrogen (secondary N) is 2. The lowest BCUT2D eigenvalue weighted by Gasteiger charge is -2.13. The minimum Gasteiger partial charge on any atom is -0.322 e. The quantitative estimate of drug-likeness (QED) is 0.164. The van der Waals surface area contributed by atoms with E-state index < -0.39 is 45.3 Å². The predicted octanol–water partition coefficient (Wildman–Crippen LogP) is 6.63. The lowest BCUT2D eigenvalue weighted by atomic mass is 10.1. The number of rotatable bonds is 8. The number of para-hydroxylation sites is 2. The summed E-state index contributed by atoms with van der Waals surface area (Å²) < 4.78 is 26.9. The summed E-state index contributed by atoms with van der Waals surface area (Å²) in [5.41, 5.74) is 2.25. The first kappa shape index (κ1) is 34.6. The number of sulfone groups is 1. The van der Waals surface area contributed by atoms with Gasteiger partial charge in [-0.25, -0.2) is 18.2 Å². The Morgan fingerprint density at radius 3 is 1.13 bits per heavy atom. The molecule has 6 aromatic carbocycles. The van der Waals surface area contributed by atoms with Crippen molar-refractivity contribution in [3.8, 4) is 0 Å². The van der Waals surface area contributed by atoms with Crippen molar-refractivity contribution in [3.63, 3.8) is 0 Å². The zero-order chi connectivity index (χ0) is 38.4. The zero-order valence-electron chi connectivity index (χ0n) is 28.4. The van der Waals surface area contributed by atoms with Gasteiger partial charge in [-0.15, -0.1) is 0 Å². The number of hydrogen-bond donors (Lipinski definition) is 2. The molecule has 8 rings (SSSR count). The summed E-state index contributed by atoms with van der Waals surface area (Å²) in [4.78, 5) is 80.2. The molecule has 2 N–H and O–H groups in total. The first-order valence-corrected chi connectivity index (χ1v) is 18.2. The molecule has 0 fully saturated rings. The van der Waals surface area contributed by atoms with E-state index in [4.69, 9.17) is 0 Å². The lowest BCUT2D eigenvalue weighted by molar-refractivity contribution is 0.0910. The Morgan fingerprint density at radius 2 is 0.764 bits per heavy atom. The number of carbonyl (C=O) groups is 6. The number of carbonyl (C=O) groups excluding carboxylic acids is 6. The number of fused-ring (bicyclic) bond motifs is 2. The van der Waals surface area contributed by atoms with E-state index in [1.54, 1.807) is 60.7 Å². The Kier molecular flexibility index (Phi) is 8.47. The molecule has 0 bridgehead atoms. The molecule has 6 aromatic rings. The third-order valence-electron chi connectivity index (χ3n) is 9.17. The van der Waals surface area contributed by atoms with Gasteiger partial charge in [0.2, 0.25) is 9.84 Å². The van der Waals surface area contributed by atoms with Gasteiger partial charge in [-0.3, -0.25) is 28.8 Å². The standard InChI is InChI=1S/C42H26N4O8S/c47-37(25-11-21-33-35(23-25)41(51)45(39(33)49)29-7-3-1-4-8-29)43-27-13-17-31(18-14-27)55(53,54)32-19-15-28(16-20-32)44-38(48)26-12-22-34-36(24-26)42(52)46(40(34)50)30-9-5-2-6-10-30/h1-24H,(H,43,47)(H,44,48).